The summed E-state index contributed by atoms with van der Waals surface area (Å²) in [6.07, 6.45) is 1.62. The Kier molecular flexibility index (Phi) is 9.36. The lowest BCUT2D eigenvalue weighted by molar-refractivity contribution is 0.0474. The molecule has 7 nitrogen and oxygen atoms in total. The van der Waals surface area contributed by atoms with Gasteiger partial charge >= 0.3 is 0 Å². The van der Waals surface area contributed by atoms with Gasteiger partial charge < -0.3 is 15.0 Å². The number of piperidine rings is 1. The van der Waals surface area contributed by atoms with Gasteiger partial charge in [0.2, 0.25) is 0 Å². The number of rotatable bonds is 9. The Morgan fingerprint density at radius 1 is 1.05 bits per heavy atom. The standard InChI is InChI=1S/C29H31ClN4O3S2/c1-31-29-26(38-19-33-14-16-37-17-15-33)18-25(39-29)28(36)32-23-6-8-24(9-7-23)34-12-10-21(11-13-34)27(35)20-2-4-22(30)5-3-20/h2-9,18,21H,1,10-17,19H2,(H,32,36). The van der Waals surface area contributed by atoms with Crippen LogP contribution in [0, 0.1) is 5.92 Å². The molecule has 1 aromatic heterocycles. The van der Waals surface area contributed by atoms with Gasteiger partial charge in [-0.2, -0.15) is 0 Å². The second-order valence-corrected chi connectivity index (χ2v) is 12.0. The van der Waals surface area contributed by atoms with Gasteiger partial charge in [0.05, 0.1) is 18.1 Å². The maximum Gasteiger partial charge on any atom is 0.265 e. The van der Waals surface area contributed by atoms with Crippen molar-refractivity contribution < 1.29 is 14.3 Å². The molecule has 5 rings (SSSR count). The molecule has 204 valence electrons. The molecule has 0 aliphatic carbocycles. The highest BCUT2D eigenvalue weighted by atomic mass is 35.5. The Labute approximate surface area is 242 Å². The Balaban J connectivity index is 1.14. The fourth-order valence-electron chi connectivity index (χ4n) is 4.78. The molecule has 10 heteroatoms. The molecule has 0 saturated carbocycles. The van der Waals surface area contributed by atoms with Gasteiger partial charge in [-0.1, -0.05) is 11.6 Å². The predicted octanol–water partition coefficient (Wildman–Crippen LogP) is 6.47. The number of hydrogen-bond acceptors (Lipinski definition) is 8. The van der Waals surface area contributed by atoms with E-state index in [-0.39, 0.29) is 17.6 Å². The number of ether oxygens (including phenoxy) is 1. The number of thioether (sulfide) groups is 1. The molecule has 0 unspecified atom stereocenters. The number of benzene rings is 2. The van der Waals surface area contributed by atoms with E-state index in [1.165, 1.54) is 11.3 Å². The third kappa shape index (κ3) is 7.10. The molecular formula is C29H31ClN4O3S2. The van der Waals surface area contributed by atoms with Crippen molar-refractivity contribution in [1.29, 1.82) is 0 Å². The lowest BCUT2D eigenvalue weighted by Crippen LogP contribution is -2.36. The summed E-state index contributed by atoms with van der Waals surface area (Å²) in [6.45, 7) is 8.65. The third-order valence-corrected chi connectivity index (χ3v) is 9.60. The number of carbonyl (C=O) groups excluding carboxylic acids is 2. The van der Waals surface area contributed by atoms with E-state index in [9.17, 15) is 9.59 Å². The van der Waals surface area contributed by atoms with Crippen LogP contribution in [-0.2, 0) is 4.74 Å². The van der Waals surface area contributed by atoms with Crippen molar-refractivity contribution >= 4 is 69.5 Å². The minimum atomic E-state index is -0.155. The summed E-state index contributed by atoms with van der Waals surface area (Å²) in [5.41, 5.74) is 2.55. The number of ketones is 1. The fraction of sp³-hybridized carbons (Fsp3) is 0.345. The van der Waals surface area contributed by atoms with Crippen molar-refractivity contribution in [2.45, 2.75) is 17.7 Å². The summed E-state index contributed by atoms with van der Waals surface area (Å²) in [5.74, 6) is 0.893. The van der Waals surface area contributed by atoms with Gasteiger partial charge in [-0.3, -0.25) is 19.5 Å². The summed E-state index contributed by atoms with van der Waals surface area (Å²) >= 11 is 8.99. The number of thiophene rings is 1. The molecule has 2 fully saturated rings. The zero-order chi connectivity index (χ0) is 27.2. The number of halogens is 1. The van der Waals surface area contributed by atoms with Crippen molar-refractivity contribution in [3.8, 4) is 0 Å². The number of amides is 1. The Morgan fingerprint density at radius 3 is 2.41 bits per heavy atom. The summed E-state index contributed by atoms with van der Waals surface area (Å²) in [6, 6.07) is 16.9. The van der Waals surface area contributed by atoms with Crippen molar-refractivity contribution in [1.82, 2.24) is 4.90 Å². The van der Waals surface area contributed by atoms with E-state index in [0.29, 0.717) is 9.90 Å². The van der Waals surface area contributed by atoms with E-state index in [2.05, 4.69) is 26.8 Å². The number of nitrogens with one attached hydrogen (secondary N) is 1. The highest BCUT2D eigenvalue weighted by Crippen LogP contribution is 2.38. The molecule has 0 bridgehead atoms. The number of morpholine rings is 1. The van der Waals surface area contributed by atoms with Gasteiger partial charge in [0.1, 0.15) is 5.00 Å². The first kappa shape index (κ1) is 27.9. The zero-order valence-electron chi connectivity index (χ0n) is 21.6. The average Bonchev–Trinajstić information content (AvgIpc) is 3.41. The zero-order valence-corrected chi connectivity index (χ0v) is 24.0. The predicted molar refractivity (Wildman–Crippen MR) is 162 cm³/mol. The maximum atomic E-state index is 13.0. The third-order valence-electron chi connectivity index (χ3n) is 7.04. The monoisotopic (exact) mass is 582 g/mol. The second kappa shape index (κ2) is 13.1. The van der Waals surface area contributed by atoms with Crippen LogP contribution in [0.5, 0.6) is 0 Å². The van der Waals surface area contributed by atoms with Crippen molar-refractivity contribution in [2.24, 2.45) is 10.9 Å². The number of anilines is 2. The van der Waals surface area contributed by atoms with Crippen LogP contribution in [0.15, 0.2) is 64.5 Å². The van der Waals surface area contributed by atoms with E-state index in [1.54, 1.807) is 36.0 Å². The molecule has 2 aliphatic heterocycles. The molecule has 3 heterocycles. The lowest BCUT2D eigenvalue weighted by Gasteiger charge is -2.33. The van der Waals surface area contributed by atoms with Crippen LogP contribution in [0.4, 0.5) is 16.4 Å². The molecule has 2 aliphatic rings. The smallest absolute Gasteiger partial charge is 0.265 e. The SMILES string of the molecule is C=Nc1sc(C(=O)Nc2ccc(N3CCC(C(=O)c4ccc(Cl)cc4)CC3)cc2)cc1SCN1CCOCC1. The summed E-state index contributed by atoms with van der Waals surface area (Å²) < 4.78 is 5.41. The Hall–Kier alpha value is -2.69. The molecule has 2 aromatic carbocycles. The second-order valence-electron chi connectivity index (χ2n) is 9.58. The van der Waals surface area contributed by atoms with Gasteiger partial charge in [-0.25, -0.2) is 0 Å². The molecule has 1 amide bonds. The van der Waals surface area contributed by atoms with Gasteiger partial charge in [0.25, 0.3) is 5.91 Å². The van der Waals surface area contributed by atoms with Crippen LogP contribution in [0.3, 0.4) is 0 Å². The molecule has 39 heavy (non-hydrogen) atoms. The highest BCUT2D eigenvalue weighted by Gasteiger charge is 2.26. The van der Waals surface area contributed by atoms with Crippen LogP contribution < -0.4 is 10.2 Å². The van der Waals surface area contributed by atoms with Crippen LogP contribution >= 0.6 is 34.7 Å². The lowest BCUT2D eigenvalue weighted by atomic mass is 9.88. The minimum Gasteiger partial charge on any atom is -0.379 e. The number of nitrogens with zero attached hydrogens (tertiary/aromatic N) is 3. The van der Waals surface area contributed by atoms with E-state index >= 15 is 0 Å². The normalized spacial score (nSPS) is 16.7. The molecular weight excluding hydrogens is 552 g/mol. The first-order chi connectivity index (χ1) is 19.0. The topological polar surface area (TPSA) is 74.2 Å². The molecule has 0 atom stereocenters. The molecule has 0 spiro atoms. The van der Waals surface area contributed by atoms with Gasteiger partial charge in [-0.15, -0.1) is 23.1 Å². The van der Waals surface area contributed by atoms with E-state index in [0.717, 1.165) is 84.9 Å². The molecule has 0 radical (unpaired) electrons. The minimum absolute atomic E-state index is 0.0265. The highest BCUT2D eigenvalue weighted by molar-refractivity contribution is 7.99. The van der Waals surface area contributed by atoms with Crippen molar-refractivity contribution in [3.63, 3.8) is 0 Å². The van der Waals surface area contributed by atoms with Crippen molar-refractivity contribution in [2.75, 3.05) is 55.5 Å². The number of Topliss-reactive ketones (excluding diaryl/α,β-unsaturated/α-hetero) is 1. The number of aliphatic imine (C=N–C) groups is 1. The van der Waals surface area contributed by atoms with Crippen LogP contribution in [-0.4, -0.2) is 68.6 Å². The van der Waals surface area contributed by atoms with Crippen LogP contribution in [0.25, 0.3) is 0 Å². The first-order valence-electron chi connectivity index (χ1n) is 13.0. The van der Waals surface area contributed by atoms with Gasteiger partial charge in [0, 0.05) is 64.8 Å². The number of hydrogen-bond donors (Lipinski definition) is 1. The quantitative estimate of drug-likeness (QED) is 0.177. The molecule has 3 aromatic rings. The van der Waals surface area contributed by atoms with Crippen LogP contribution in [0.2, 0.25) is 5.02 Å². The Bertz CT molecular complexity index is 1300. The summed E-state index contributed by atoms with van der Waals surface area (Å²) in [4.78, 5) is 36.2. The Morgan fingerprint density at radius 2 is 1.74 bits per heavy atom. The van der Waals surface area contributed by atoms with E-state index < -0.39 is 0 Å². The van der Waals surface area contributed by atoms with E-state index in [1.807, 2.05) is 30.3 Å². The summed E-state index contributed by atoms with van der Waals surface area (Å²) in [7, 11) is 0. The van der Waals surface area contributed by atoms with Gasteiger partial charge in [0.15, 0.2) is 5.78 Å². The van der Waals surface area contributed by atoms with Crippen molar-refractivity contribution in [3.05, 3.63) is 70.1 Å². The number of carbonyl (C=O) groups is 2. The van der Waals surface area contributed by atoms with Gasteiger partial charge in [-0.05, 0) is 74.2 Å². The maximum absolute atomic E-state index is 13.0. The van der Waals surface area contributed by atoms with Crippen LogP contribution in [0.1, 0.15) is 32.9 Å². The first-order valence-corrected chi connectivity index (χ1v) is 15.2. The molecule has 1 N–H and O–H groups in total. The summed E-state index contributed by atoms with van der Waals surface area (Å²) in [5, 5.41) is 4.41. The average molecular weight is 583 g/mol. The fourth-order valence-corrected chi connectivity index (χ4v) is 7.00. The molecule has 2 saturated heterocycles. The van der Waals surface area contributed by atoms with E-state index in [4.69, 9.17) is 16.3 Å². The largest absolute Gasteiger partial charge is 0.379 e.